The van der Waals surface area contributed by atoms with Crippen molar-refractivity contribution in [1.82, 2.24) is 5.32 Å². The van der Waals surface area contributed by atoms with Crippen molar-refractivity contribution in [1.29, 1.82) is 0 Å². The van der Waals surface area contributed by atoms with Gasteiger partial charge in [-0.25, -0.2) is 4.79 Å². The van der Waals surface area contributed by atoms with E-state index >= 15 is 0 Å². The van der Waals surface area contributed by atoms with Crippen LogP contribution >= 0.6 is 0 Å². The number of hydrogen-bond donors (Lipinski definition) is 1. The van der Waals surface area contributed by atoms with Crippen molar-refractivity contribution in [2.24, 2.45) is 0 Å². The first-order chi connectivity index (χ1) is 7.33. The van der Waals surface area contributed by atoms with E-state index in [4.69, 9.17) is 4.74 Å². The maximum Gasteiger partial charge on any atom is 0.333 e. The van der Waals surface area contributed by atoms with Crippen LogP contribution in [0.2, 0.25) is 0 Å². The fourth-order valence-corrected chi connectivity index (χ4v) is 1.16. The third-order valence-electron chi connectivity index (χ3n) is 2.06. The molecule has 0 radical (unpaired) electrons. The van der Waals surface area contributed by atoms with Crippen LogP contribution < -0.4 is 5.32 Å². The molecule has 0 aliphatic rings. The van der Waals surface area contributed by atoms with Gasteiger partial charge in [-0.15, -0.1) is 0 Å². The first kappa shape index (κ1) is 15.2. The number of hydrogen-bond acceptors (Lipinski definition) is 3. The average molecular weight is 227 g/mol. The Morgan fingerprint density at radius 3 is 2.38 bits per heavy atom. The Labute approximate surface area is 99.3 Å². The highest BCUT2D eigenvalue weighted by Crippen LogP contribution is 2.01. The molecule has 16 heavy (non-hydrogen) atoms. The van der Waals surface area contributed by atoms with Crippen LogP contribution in [0.3, 0.4) is 0 Å². The first-order valence-corrected chi connectivity index (χ1v) is 5.90. The minimum atomic E-state index is -0.284. The lowest BCUT2D eigenvalue weighted by Gasteiger charge is -2.20. The molecule has 0 aliphatic carbocycles. The molecule has 0 aromatic rings. The Kier molecular flexibility index (Phi) is 7.06. The van der Waals surface area contributed by atoms with Gasteiger partial charge in [0.15, 0.2) is 0 Å². The number of nitrogens with one attached hydrogen (secondary N) is 1. The predicted octanol–water partition coefficient (Wildman–Crippen LogP) is 2.66. The fraction of sp³-hybridized carbons (Fsp3) is 0.769. The van der Waals surface area contributed by atoms with E-state index in [1.807, 2.05) is 0 Å². The number of carbonyl (C=O) groups is 1. The van der Waals surface area contributed by atoms with Crippen molar-refractivity contribution in [3.8, 4) is 0 Å². The molecule has 0 heterocycles. The Hall–Kier alpha value is -0.830. The third-order valence-corrected chi connectivity index (χ3v) is 2.06. The van der Waals surface area contributed by atoms with Gasteiger partial charge in [-0.2, -0.15) is 0 Å². The number of unbranched alkanes of at least 4 members (excludes halogenated alkanes) is 2. The van der Waals surface area contributed by atoms with E-state index in [0.717, 1.165) is 25.8 Å². The molecule has 0 aromatic carbocycles. The summed E-state index contributed by atoms with van der Waals surface area (Å²) in [5, 5.41) is 3.42. The molecule has 0 spiro atoms. The Morgan fingerprint density at radius 1 is 1.25 bits per heavy atom. The summed E-state index contributed by atoms with van der Waals surface area (Å²) in [5.41, 5.74) is 0.654. The van der Waals surface area contributed by atoms with E-state index in [1.54, 1.807) is 6.92 Å². The van der Waals surface area contributed by atoms with Crippen LogP contribution in [-0.2, 0) is 9.53 Å². The van der Waals surface area contributed by atoms with E-state index in [0.29, 0.717) is 12.2 Å². The molecule has 1 N–H and O–H groups in total. The van der Waals surface area contributed by atoms with Gasteiger partial charge in [-0.05, 0) is 53.5 Å². The molecule has 3 nitrogen and oxygen atoms in total. The number of ether oxygens (including phenoxy) is 1. The quantitative estimate of drug-likeness (QED) is 0.413. The van der Waals surface area contributed by atoms with Crippen molar-refractivity contribution in [3.63, 3.8) is 0 Å². The van der Waals surface area contributed by atoms with E-state index < -0.39 is 0 Å². The third kappa shape index (κ3) is 9.71. The summed E-state index contributed by atoms with van der Waals surface area (Å²) < 4.78 is 4.99. The maximum absolute atomic E-state index is 11.0. The molecule has 0 rings (SSSR count). The monoisotopic (exact) mass is 227 g/mol. The Morgan fingerprint density at radius 2 is 1.88 bits per heavy atom. The van der Waals surface area contributed by atoms with Gasteiger partial charge in [0.05, 0.1) is 6.61 Å². The maximum atomic E-state index is 11.0. The molecular weight excluding hydrogens is 202 g/mol. The highest BCUT2D eigenvalue weighted by molar-refractivity contribution is 5.86. The normalized spacial score (nSPS) is 11.2. The fourth-order valence-electron chi connectivity index (χ4n) is 1.16. The molecule has 94 valence electrons. The van der Waals surface area contributed by atoms with Gasteiger partial charge in [-0.1, -0.05) is 6.58 Å². The number of esters is 1. The molecule has 0 amide bonds. The van der Waals surface area contributed by atoms with Crippen LogP contribution in [-0.4, -0.2) is 24.7 Å². The van der Waals surface area contributed by atoms with Crippen molar-refractivity contribution in [2.45, 2.75) is 52.5 Å². The molecule has 0 saturated heterocycles. The minimum Gasteiger partial charge on any atom is -0.462 e. The van der Waals surface area contributed by atoms with Gasteiger partial charge in [0.2, 0.25) is 0 Å². The second-order valence-corrected chi connectivity index (χ2v) is 5.15. The summed E-state index contributed by atoms with van der Waals surface area (Å²) in [6.07, 6.45) is 3.11. The summed E-state index contributed by atoms with van der Waals surface area (Å²) in [6.45, 7) is 13.2. The van der Waals surface area contributed by atoms with E-state index in [1.165, 1.54) is 0 Å². The van der Waals surface area contributed by atoms with Crippen LogP contribution in [0, 0.1) is 0 Å². The average Bonchev–Trinajstić information content (AvgIpc) is 2.14. The summed E-state index contributed by atoms with van der Waals surface area (Å²) in [6, 6.07) is 0. The van der Waals surface area contributed by atoms with Gasteiger partial charge >= 0.3 is 5.97 Å². The molecule has 0 bridgehead atoms. The van der Waals surface area contributed by atoms with Crippen LogP contribution in [0.4, 0.5) is 0 Å². The molecule has 0 atom stereocenters. The van der Waals surface area contributed by atoms with Crippen LogP contribution in [0.15, 0.2) is 12.2 Å². The second kappa shape index (κ2) is 7.44. The van der Waals surface area contributed by atoms with Crippen molar-refractivity contribution >= 4 is 5.97 Å². The molecule has 0 aliphatic heterocycles. The molecular formula is C13H25NO2. The van der Waals surface area contributed by atoms with Crippen LogP contribution in [0.25, 0.3) is 0 Å². The van der Waals surface area contributed by atoms with Crippen LogP contribution in [0.1, 0.15) is 47.0 Å². The highest BCUT2D eigenvalue weighted by Gasteiger charge is 2.07. The summed E-state index contributed by atoms with van der Waals surface area (Å²) in [7, 11) is 0. The molecule has 3 heteroatoms. The van der Waals surface area contributed by atoms with Gasteiger partial charge in [-0.3, -0.25) is 0 Å². The van der Waals surface area contributed by atoms with Crippen LogP contribution in [0.5, 0.6) is 0 Å². The van der Waals surface area contributed by atoms with Gasteiger partial charge < -0.3 is 10.1 Å². The van der Waals surface area contributed by atoms with E-state index in [-0.39, 0.29) is 11.5 Å². The highest BCUT2D eigenvalue weighted by atomic mass is 16.5. The largest absolute Gasteiger partial charge is 0.462 e. The SMILES string of the molecule is C=C(C)C(=O)OCCCCCNC(C)(C)C. The lowest BCUT2D eigenvalue weighted by molar-refractivity contribution is -0.139. The van der Waals surface area contributed by atoms with Crippen molar-refractivity contribution < 1.29 is 9.53 Å². The predicted molar refractivity (Wildman–Crippen MR) is 67.4 cm³/mol. The topological polar surface area (TPSA) is 38.3 Å². The molecule has 0 fully saturated rings. The first-order valence-electron chi connectivity index (χ1n) is 5.90. The zero-order chi connectivity index (χ0) is 12.6. The second-order valence-electron chi connectivity index (χ2n) is 5.15. The van der Waals surface area contributed by atoms with Gasteiger partial charge in [0.1, 0.15) is 0 Å². The number of rotatable bonds is 7. The molecule has 0 saturated carbocycles. The van der Waals surface area contributed by atoms with Gasteiger partial charge in [0.25, 0.3) is 0 Å². The minimum absolute atomic E-state index is 0.187. The zero-order valence-corrected chi connectivity index (χ0v) is 11.1. The standard InChI is InChI=1S/C13H25NO2/c1-11(2)12(15)16-10-8-6-7-9-14-13(3,4)5/h14H,1,6-10H2,2-5H3. The Balaban J connectivity index is 3.29. The smallest absolute Gasteiger partial charge is 0.333 e. The van der Waals surface area contributed by atoms with E-state index in [9.17, 15) is 4.79 Å². The summed E-state index contributed by atoms with van der Waals surface area (Å²) in [4.78, 5) is 11.0. The van der Waals surface area contributed by atoms with E-state index in [2.05, 4.69) is 32.7 Å². The Bertz CT molecular complexity index is 229. The van der Waals surface area contributed by atoms with Crippen molar-refractivity contribution in [2.75, 3.05) is 13.2 Å². The zero-order valence-electron chi connectivity index (χ0n) is 11.1. The number of carbonyl (C=O) groups excluding carboxylic acids is 1. The van der Waals surface area contributed by atoms with Crippen molar-refractivity contribution in [3.05, 3.63) is 12.2 Å². The summed E-state index contributed by atoms with van der Waals surface area (Å²) >= 11 is 0. The lowest BCUT2D eigenvalue weighted by Crippen LogP contribution is -2.36. The lowest BCUT2D eigenvalue weighted by atomic mass is 10.1. The molecule has 0 unspecified atom stereocenters. The van der Waals surface area contributed by atoms with Gasteiger partial charge in [0, 0.05) is 11.1 Å². The summed E-state index contributed by atoms with van der Waals surface area (Å²) in [5.74, 6) is -0.284. The molecule has 0 aromatic heterocycles.